The molecule has 2 N–H and O–H groups in total. The number of aliphatic imine (C=N–C) groups is 1. The van der Waals surface area contributed by atoms with Crippen molar-refractivity contribution in [2.24, 2.45) is 4.99 Å². The standard InChI is InChI=1S/C24H29N5/c1-25-24(28-17-22-7-4-6-21-8-5-13-26-23(21)22)27-16-19-9-11-20(12-10-19)18-29-14-2-3-15-29/h4-13H,2-3,14-18H2,1H3,(H2,25,27,28). The fourth-order valence-corrected chi connectivity index (χ4v) is 3.86. The molecule has 0 amide bonds. The topological polar surface area (TPSA) is 52.6 Å². The van der Waals surface area contributed by atoms with Gasteiger partial charge in [0.15, 0.2) is 5.96 Å². The lowest BCUT2D eigenvalue weighted by molar-refractivity contribution is 0.331. The average Bonchev–Trinajstić information content (AvgIpc) is 3.28. The molecule has 0 aliphatic carbocycles. The number of aromatic nitrogens is 1. The highest BCUT2D eigenvalue weighted by molar-refractivity contribution is 5.83. The summed E-state index contributed by atoms with van der Waals surface area (Å²) in [6.07, 6.45) is 4.51. The molecule has 2 heterocycles. The molecule has 0 saturated carbocycles. The van der Waals surface area contributed by atoms with Crippen LogP contribution in [0.4, 0.5) is 0 Å². The molecule has 3 aromatic rings. The van der Waals surface area contributed by atoms with Crippen molar-refractivity contribution >= 4 is 16.9 Å². The van der Waals surface area contributed by atoms with Crippen LogP contribution in [0.25, 0.3) is 10.9 Å². The summed E-state index contributed by atoms with van der Waals surface area (Å²) in [5.41, 5.74) is 4.84. The molecule has 0 spiro atoms. The summed E-state index contributed by atoms with van der Waals surface area (Å²) in [6.45, 7) is 4.96. The van der Waals surface area contributed by atoms with Gasteiger partial charge in [0.25, 0.3) is 0 Å². The summed E-state index contributed by atoms with van der Waals surface area (Å²) in [4.78, 5) is 11.4. The predicted molar refractivity (Wildman–Crippen MR) is 120 cm³/mol. The number of pyridine rings is 1. The third kappa shape index (κ3) is 5.12. The lowest BCUT2D eigenvalue weighted by Crippen LogP contribution is -2.36. The number of nitrogens with one attached hydrogen (secondary N) is 2. The van der Waals surface area contributed by atoms with Crippen LogP contribution in [0, 0.1) is 0 Å². The van der Waals surface area contributed by atoms with Gasteiger partial charge in [0.05, 0.1) is 5.52 Å². The molecule has 0 unspecified atom stereocenters. The third-order valence-corrected chi connectivity index (χ3v) is 5.47. The van der Waals surface area contributed by atoms with Gasteiger partial charge in [-0.15, -0.1) is 0 Å². The van der Waals surface area contributed by atoms with Gasteiger partial charge < -0.3 is 10.6 Å². The van der Waals surface area contributed by atoms with Crippen LogP contribution in [-0.2, 0) is 19.6 Å². The molecular weight excluding hydrogens is 358 g/mol. The van der Waals surface area contributed by atoms with Crippen molar-refractivity contribution in [2.75, 3.05) is 20.1 Å². The SMILES string of the molecule is CN=C(NCc1ccc(CN2CCCC2)cc1)NCc1cccc2cccnc12. The van der Waals surface area contributed by atoms with E-state index < -0.39 is 0 Å². The fourth-order valence-electron chi connectivity index (χ4n) is 3.86. The molecule has 29 heavy (non-hydrogen) atoms. The molecule has 1 aromatic heterocycles. The van der Waals surface area contributed by atoms with Gasteiger partial charge in [-0.3, -0.25) is 14.9 Å². The zero-order valence-corrected chi connectivity index (χ0v) is 17.1. The molecule has 5 nitrogen and oxygen atoms in total. The second-order valence-electron chi connectivity index (χ2n) is 7.57. The Morgan fingerprint density at radius 3 is 2.45 bits per heavy atom. The summed E-state index contributed by atoms with van der Waals surface area (Å²) in [6, 6.07) is 19.2. The number of guanidine groups is 1. The van der Waals surface area contributed by atoms with Crippen molar-refractivity contribution in [2.45, 2.75) is 32.5 Å². The molecule has 1 saturated heterocycles. The molecule has 5 heteroatoms. The largest absolute Gasteiger partial charge is 0.352 e. The number of para-hydroxylation sites is 1. The van der Waals surface area contributed by atoms with E-state index in [1.165, 1.54) is 37.1 Å². The van der Waals surface area contributed by atoms with Crippen LogP contribution in [0.15, 0.2) is 65.8 Å². The third-order valence-electron chi connectivity index (χ3n) is 5.47. The van der Waals surface area contributed by atoms with Crippen molar-refractivity contribution < 1.29 is 0 Å². The van der Waals surface area contributed by atoms with E-state index in [1.807, 2.05) is 12.3 Å². The normalized spacial score (nSPS) is 15.0. The van der Waals surface area contributed by atoms with Crippen LogP contribution in [-0.4, -0.2) is 36.0 Å². The highest BCUT2D eigenvalue weighted by atomic mass is 15.2. The Morgan fingerprint density at radius 2 is 1.66 bits per heavy atom. The van der Waals surface area contributed by atoms with Gasteiger partial charge in [-0.1, -0.05) is 48.5 Å². The quantitative estimate of drug-likeness (QED) is 0.500. The van der Waals surface area contributed by atoms with Crippen LogP contribution in [0.2, 0.25) is 0 Å². The van der Waals surface area contributed by atoms with E-state index in [0.717, 1.165) is 35.5 Å². The minimum atomic E-state index is 0.683. The maximum atomic E-state index is 4.52. The first-order valence-electron chi connectivity index (χ1n) is 10.4. The van der Waals surface area contributed by atoms with E-state index in [2.05, 4.69) is 74.0 Å². The van der Waals surface area contributed by atoms with E-state index in [-0.39, 0.29) is 0 Å². The van der Waals surface area contributed by atoms with Gasteiger partial charge in [-0.05, 0) is 48.7 Å². The van der Waals surface area contributed by atoms with Crippen LogP contribution in [0.5, 0.6) is 0 Å². The molecular formula is C24H29N5. The predicted octanol–water partition coefficient (Wildman–Crippen LogP) is 3.70. The van der Waals surface area contributed by atoms with E-state index >= 15 is 0 Å². The summed E-state index contributed by atoms with van der Waals surface area (Å²) < 4.78 is 0. The van der Waals surface area contributed by atoms with Crippen molar-refractivity contribution in [1.82, 2.24) is 20.5 Å². The van der Waals surface area contributed by atoms with Gasteiger partial charge in [-0.25, -0.2) is 0 Å². The van der Waals surface area contributed by atoms with Gasteiger partial charge in [0, 0.05) is 38.3 Å². The molecule has 0 radical (unpaired) electrons. The van der Waals surface area contributed by atoms with Crippen LogP contribution >= 0.6 is 0 Å². The number of hydrogen-bond donors (Lipinski definition) is 2. The Hall–Kier alpha value is -2.92. The Balaban J connectivity index is 1.30. The Labute approximate surface area is 172 Å². The number of fused-ring (bicyclic) bond motifs is 1. The first-order chi connectivity index (χ1) is 14.3. The lowest BCUT2D eigenvalue weighted by Gasteiger charge is -2.15. The molecule has 0 bridgehead atoms. The summed E-state index contributed by atoms with van der Waals surface area (Å²) in [5.74, 6) is 0.791. The molecule has 0 atom stereocenters. The fraction of sp³-hybridized carbons (Fsp3) is 0.333. The van der Waals surface area contributed by atoms with Gasteiger partial charge in [0.2, 0.25) is 0 Å². The van der Waals surface area contributed by atoms with Crippen molar-refractivity contribution in [1.29, 1.82) is 0 Å². The first kappa shape index (κ1) is 19.4. The highest BCUT2D eigenvalue weighted by Gasteiger charge is 2.11. The number of rotatable bonds is 6. The Kier molecular flexibility index (Phi) is 6.37. The zero-order valence-electron chi connectivity index (χ0n) is 17.1. The summed E-state index contributed by atoms with van der Waals surface area (Å²) in [7, 11) is 1.80. The Bertz CT molecular complexity index is 953. The first-order valence-corrected chi connectivity index (χ1v) is 10.4. The minimum Gasteiger partial charge on any atom is -0.352 e. The smallest absolute Gasteiger partial charge is 0.191 e. The zero-order chi connectivity index (χ0) is 19.9. The van der Waals surface area contributed by atoms with Crippen LogP contribution in [0.3, 0.4) is 0 Å². The van der Waals surface area contributed by atoms with Gasteiger partial charge >= 0.3 is 0 Å². The molecule has 4 rings (SSSR count). The van der Waals surface area contributed by atoms with E-state index in [0.29, 0.717) is 6.54 Å². The maximum absolute atomic E-state index is 4.52. The lowest BCUT2D eigenvalue weighted by atomic mass is 10.1. The van der Waals surface area contributed by atoms with Gasteiger partial charge in [-0.2, -0.15) is 0 Å². The average molecular weight is 388 g/mol. The highest BCUT2D eigenvalue weighted by Crippen LogP contribution is 2.16. The number of benzene rings is 2. The van der Waals surface area contributed by atoms with Crippen LogP contribution < -0.4 is 10.6 Å². The number of hydrogen-bond acceptors (Lipinski definition) is 3. The molecule has 2 aromatic carbocycles. The van der Waals surface area contributed by atoms with E-state index in [4.69, 9.17) is 0 Å². The van der Waals surface area contributed by atoms with Crippen LogP contribution in [0.1, 0.15) is 29.5 Å². The molecule has 1 aliphatic heterocycles. The van der Waals surface area contributed by atoms with Crippen molar-refractivity contribution in [3.05, 3.63) is 77.5 Å². The maximum Gasteiger partial charge on any atom is 0.191 e. The Morgan fingerprint density at radius 1 is 0.931 bits per heavy atom. The molecule has 150 valence electrons. The minimum absolute atomic E-state index is 0.683. The molecule has 1 fully saturated rings. The number of likely N-dealkylation sites (tertiary alicyclic amines) is 1. The second kappa shape index (κ2) is 9.52. The van der Waals surface area contributed by atoms with E-state index in [9.17, 15) is 0 Å². The van der Waals surface area contributed by atoms with Gasteiger partial charge in [0.1, 0.15) is 0 Å². The summed E-state index contributed by atoms with van der Waals surface area (Å²) >= 11 is 0. The monoisotopic (exact) mass is 387 g/mol. The second-order valence-corrected chi connectivity index (χ2v) is 7.57. The van der Waals surface area contributed by atoms with Crippen molar-refractivity contribution in [3.63, 3.8) is 0 Å². The van der Waals surface area contributed by atoms with E-state index in [1.54, 1.807) is 7.05 Å². The number of nitrogens with zero attached hydrogens (tertiary/aromatic N) is 3. The van der Waals surface area contributed by atoms with Crippen molar-refractivity contribution in [3.8, 4) is 0 Å². The molecule has 1 aliphatic rings. The summed E-state index contributed by atoms with van der Waals surface area (Å²) in [5, 5.41) is 7.96.